The number of amides is 1. The second-order valence-electron chi connectivity index (χ2n) is 5.74. The number of piperazine rings is 1. The van der Waals surface area contributed by atoms with Gasteiger partial charge in [0.05, 0.1) is 5.92 Å². The number of anilines is 1. The lowest BCUT2D eigenvalue weighted by Crippen LogP contribution is -2.51. The highest BCUT2D eigenvalue weighted by Crippen LogP contribution is 2.20. The maximum atomic E-state index is 12.5. The van der Waals surface area contributed by atoms with Crippen molar-refractivity contribution in [1.82, 2.24) is 15.2 Å². The van der Waals surface area contributed by atoms with E-state index >= 15 is 0 Å². The average Bonchev–Trinajstić information content (AvgIpc) is 2.94. The van der Waals surface area contributed by atoms with E-state index in [1.165, 1.54) is 0 Å². The molecule has 5 nitrogen and oxygen atoms in total. The molecule has 2 aliphatic heterocycles. The number of pyridine rings is 1. The molecule has 0 radical (unpaired) electrons. The van der Waals surface area contributed by atoms with Gasteiger partial charge < -0.3 is 15.1 Å². The fourth-order valence-corrected chi connectivity index (χ4v) is 3.07. The average molecular weight is 274 g/mol. The summed E-state index contributed by atoms with van der Waals surface area (Å²) in [7, 11) is 0. The number of rotatable bonds is 2. The Labute approximate surface area is 120 Å². The molecule has 0 aromatic carbocycles. The Balaban J connectivity index is 1.57. The molecule has 108 valence electrons. The van der Waals surface area contributed by atoms with E-state index in [4.69, 9.17) is 0 Å². The van der Waals surface area contributed by atoms with E-state index in [0.29, 0.717) is 11.8 Å². The summed E-state index contributed by atoms with van der Waals surface area (Å²) in [5, 5.41) is 3.31. The van der Waals surface area contributed by atoms with Crippen LogP contribution >= 0.6 is 0 Å². The number of nitrogens with one attached hydrogen (secondary N) is 1. The first-order valence-corrected chi connectivity index (χ1v) is 7.41. The van der Waals surface area contributed by atoms with Crippen LogP contribution in [0.4, 0.5) is 5.82 Å². The molecule has 1 N–H and O–H groups in total. The summed E-state index contributed by atoms with van der Waals surface area (Å²) in [5.41, 5.74) is 0. The van der Waals surface area contributed by atoms with Gasteiger partial charge in [-0.15, -0.1) is 0 Å². The molecule has 2 saturated heterocycles. The van der Waals surface area contributed by atoms with E-state index in [0.717, 1.165) is 45.1 Å². The molecule has 0 aliphatic carbocycles. The van der Waals surface area contributed by atoms with Gasteiger partial charge in [0.1, 0.15) is 5.82 Å². The van der Waals surface area contributed by atoms with E-state index in [2.05, 4.69) is 22.1 Å². The van der Waals surface area contributed by atoms with Gasteiger partial charge in [-0.2, -0.15) is 0 Å². The van der Waals surface area contributed by atoms with E-state index in [1.807, 2.05) is 29.3 Å². The van der Waals surface area contributed by atoms with Gasteiger partial charge in [0.15, 0.2) is 0 Å². The van der Waals surface area contributed by atoms with E-state index in [9.17, 15) is 4.79 Å². The second-order valence-corrected chi connectivity index (χ2v) is 5.74. The molecule has 2 fully saturated rings. The minimum absolute atomic E-state index is 0.163. The molecule has 1 aromatic rings. The third-order valence-corrected chi connectivity index (χ3v) is 4.40. The first-order valence-electron chi connectivity index (χ1n) is 7.41. The van der Waals surface area contributed by atoms with Crippen molar-refractivity contribution in [3.05, 3.63) is 24.4 Å². The Hall–Kier alpha value is -1.62. The summed E-state index contributed by atoms with van der Waals surface area (Å²) in [5.74, 6) is 1.95. The van der Waals surface area contributed by atoms with E-state index in [1.54, 1.807) is 0 Å². The zero-order valence-electron chi connectivity index (χ0n) is 12.0. The van der Waals surface area contributed by atoms with Gasteiger partial charge in [-0.25, -0.2) is 4.98 Å². The summed E-state index contributed by atoms with van der Waals surface area (Å²) >= 11 is 0. The fraction of sp³-hybridized carbons (Fsp3) is 0.600. The van der Waals surface area contributed by atoms with Gasteiger partial charge in [-0.05, 0) is 24.6 Å². The molecule has 5 heteroatoms. The number of nitrogens with zero attached hydrogens (tertiary/aromatic N) is 3. The van der Waals surface area contributed by atoms with Crippen LogP contribution in [0.15, 0.2) is 24.4 Å². The SMILES string of the molecule is CC1CNCC1C(=O)N1CCN(c2ccccn2)CC1. The van der Waals surface area contributed by atoms with Crippen LogP contribution in [0.25, 0.3) is 0 Å². The summed E-state index contributed by atoms with van der Waals surface area (Å²) in [6.45, 7) is 7.31. The Kier molecular flexibility index (Phi) is 3.87. The molecule has 2 atom stereocenters. The molecule has 0 spiro atoms. The van der Waals surface area contributed by atoms with Crippen molar-refractivity contribution >= 4 is 11.7 Å². The smallest absolute Gasteiger partial charge is 0.227 e. The van der Waals surface area contributed by atoms with Gasteiger partial charge in [0, 0.05) is 38.9 Å². The summed E-state index contributed by atoms with van der Waals surface area (Å²) < 4.78 is 0. The van der Waals surface area contributed by atoms with Crippen molar-refractivity contribution in [3.8, 4) is 0 Å². The highest BCUT2D eigenvalue weighted by Gasteiger charge is 2.34. The molecular formula is C15H22N4O. The standard InChI is InChI=1S/C15H22N4O/c1-12-10-16-11-13(12)15(20)19-8-6-18(7-9-19)14-4-2-3-5-17-14/h2-5,12-13,16H,6-11H2,1H3. The lowest BCUT2D eigenvalue weighted by Gasteiger charge is -2.37. The molecule has 20 heavy (non-hydrogen) atoms. The van der Waals surface area contributed by atoms with Crippen LogP contribution in [0.3, 0.4) is 0 Å². The molecule has 2 aliphatic rings. The topological polar surface area (TPSA) is 48.5 Å². The quantitative estimate of drug-likeness (QED) is 0.857. The molecule has 3 rings (SSSR count). The van der Waals surface area contributed by atoms with Crippen LogP contribution in [-0.4, -0.2) is 55.1 Å². The zero-order valence-corrected chi connectivity index (χ0v) is 12.0. The predicted octanol–water partition coefficient (Wildman–Crippen LogP) is 0.586. The van der Waals surface area contributed by atoms with Gasteiger partial charge in [-0.1, -0.05) is 13.0 Å². The Morgan fingerprint density at radius 1 is 1.25 bits per heavy atom. The number of aromatic nitrogens is 1. The Morgan fingerprint density at radius 3 is 2.65 bits per heavy atom. The van der Waals surface area contributed by atoms with Crippen LogP contribution < -0.4 is 10.2 Å². The van der Waals surface area contributed by atoms with Crippen LogP contribution in [0.1, 0.15) is 6.92 Å². The molecule has 2 unspecified atom stereocenters. The monoisotopic (exact) mass is 274 g/mol. The first-order chi connectivity index (χ1) is 9.75. The summed E-state index contributed by atoms with van der Waals surface area (Å²) in [6, 6.07) is 5.96. The maximum Gasteiger partial charge on any atom is 0.227 e. The summed E-state index contributed by atoms with van der Waals surface area (Å²) in [4.78, 5) is 21.2. The van der Waals surface area contributed by atoms with Crippen molar-refractivity contribution < 1.29 is 4.79 Å². The Bertz CT molecular complexity index is 456. The third-order valence-electron chi connectivity index (χ3n) is 4.40. The minimum atomic E-state index is 0.163. The molecule has 0 bridgehead atoms. The lowest BCUT2D eigenvalue weighted by molar-refractivity contribution is -0.136. The lowest BCUT2D eigenvalue weighted by atomic mass is 9.96. The molecule has 1 aromatic heterocycles. The highest BCUT2D eigenvalue weighted by molar-refractivity contribution is 5.80. The fourth-order valence-electron chi connectivity index (χ4n) is 3.07. The van der Waals surface area contributed by atoms with Crippen LogP contribution in [0, 0.1) is 11.8 Å². The number of carbonyl (C=O) groups is 1. The number of carbonyl (C=O) groups excluding carboxylic acids is 1. The largest absolute Gasteiger partial charge is 0.353 e. The van der Waals surface area contributed by atoms with Gasteiger partial charge in [0.25, 0.3) is 0 Å². The predicted molar refractivity (Wildman–Crippen MR) is 78.6 cm³/mol. The molecular weight excluding hydrogens is 252 g/mol. The third kappa shape index (κ3) is 2.63. The van der Waals surface area contributed by atoms with E-state index in [-0.39, 0.29) is 5.92 Å². The maximum absolute atomic E-state index is 12.5. The summed E-state index contributed by atoms with van der Waals surface area (Å²) in [6.07, 6.45) is 1.82. The Morgan fingerprint density at radius 2 is 2.05 bits per heavy atom. The van der Waals surface area contributed by atoms with Crippen molar-refractivity contribution in [2.24, 2.45) is 11.8 Å². The van der Waals surface area contributed by atoms with Crippen molar-refractivity contribution in [1.29, 1.82) is 0 Å². The van der Waals surface area contributed by atoms with Crippen molar-refractivity contribution in [2.45, 2.75) is 6.92 Å². The van der Waals surface area contributed by atoms with E-state index < -0.39 is 0 Å². The molecule has 1 amide bonds. The van der Waals surface area contributed by atoms with Gasteiger partial charge in [-0.3, -0.25) is 4.79 Å². The molecule has 0 saturated carbocycles. The number of hydrogen-bond acceptors (Lipinski definition) is 4. The normalized spacial score (nSPS) is 26.9. The van der Waals surface area contributed by atoms with Crippen molar-refractivity contribution in [3.63, 3.8) is 0 Å². The van der Waals surface area contributed by atoms with Gasteiger partial charge in [0.2, 0.25) is 5.91 Å². The highest BCUT2D eigenvalue weighted by atomic mass is 16.2. The van der Waals surface area contributed by atoms with Crippen LogP contribution in [-0.2, 0) is 4.79 Å². The van der Waals surface area contributed by atoms with Gasteiger partial charge >= 0.3 is 0 Å². The van der Waals surface area contributed by atoms with Crippen molar-refractivity contribution in [2.75, 3.05) is 44.2 Å². The molecule has 3 heterocycles. The zero-order chi connectivity index (χ0) is 13.9. The van der Waals surface area contributed by atoms with Crippen LogP contribution in [0.5, 0.6) is 0 Å². The number of hydrogen-bond donors (Lipinski definition) is 1. The minimum Gasteiger partial charge on any atom is -0.353 e. The first kappa shape index (κ1) is 13.4. The second kappa shape index (κ2) is 5.79. The van der Waals surface area contributed by atoms with Crippen LogP contribution in [0.2, 0.25) is 0 Å².